The van der Waals surface area contributed by atoms with Gasteiger partial charge in [0.2, 0.25) is 10.0 Å². The van der Waals surface area contributed by atoms with Gasteiger partial charge in [0.1, 0.15) is 0 Å². The molecule has 0 bridgehead atoms. The van der Waals surface area contributed by atoms with Crippen molar-refractivity contribution in [3.63, 3.8) is 0 Å². The minimum atomic E-state index is -3.72. The van der Waals surface area contributed by atoms with Gasteiger partial charge in [-0.3, -0.25) is 4.79 Å². The molecule has 0 spiro atoms. The number of nitrogens with one attached hydrogen (secondary N) is 1. The quantitative estimate of drug-likeness (QED) is 0.663. The molecule has 162 valence electrons. The van der Waals surface area contributed by atoms with Crippen LogP contribution in [-0.4, -0.2) is 18.2 Å². The Morgan fingerprint density at radius 3 is 2.45 bits per heavy atom. The average molecular weight is 438 g/mol. The number of hydrogen-bond acceptors (Lipinski definition) is 4. The number of aromatic nitrogens is 2. The molecule has 0 saturated heterocycles. The standard InChI is InChI=1S/C24H27N3O3S/c1-16-8-4-5-9-19(16)15-25-31(29,30)22-14-18(13-12-17(22)2)23-20-10-6-7-11-21(20)24(28)27(3)26-23/h4-5,8-9,12-14,25H,6-7,10-11,15H2,1-3H3. The molecule has 1 N–H and O–H groups in total. The van der Waals surface area contributed by atoms with Gasteiger partial charge in [0.25, 0.3) is 5.56 Å². The predicted octanol–water partition coefficient (Wildman–Crippen LogP) is 3.42. The van der Waals surface area contributed by atoms with Crippen LogP contribution in [-0.2, 0) is 36.5 Å². The average Bonchev–Trinajstić information content (AvgIpc) is 2.76. The van der Waals surface area contributed by atoms with E-state index < -0.39 is 10.0 Å². The van der Waals surface area contributed by atoms with Crippen molar-refractivity contribution in [3.05, 3.63) is 80.6 Å². The molecule has 0 atom stereocenters. The molecule has 0 aliphatic heterocycles. The summed E-state index contributed by atoms with van der Waals surface area (Å²) in [5, 5.41) is 4.50. The van der Waals surface area contributed by atoms with E-state index in [0.29, 0.717) is 11.3 Å². The number of hydrogen-bond donors (Lipinski definition) is 1. The SMILES string of the molecule is Cc1ccccc1CNS(=O)(=O)c1cc(-c2nn(C)c(=O)c3c2CCCC3)ccc1C. The second kappa shape index (κ2) is 8.40. The van der Waals surface area contributed by atoms with E-state index in [1.807, 2.05) is 37.3 Å². The van der Waals surface area contributed by atoms with Crippen LogP contribution in [0, 0.1) is 13.8 Å². The number of aryl methyl sites for hydroxylation is 3. The third-order valence-corrected chi connectivity index (χ3v) is 7.56. The van der Waals surface area contributed by atoms with Crippen molar-refractivity contribution < 1.29 is 8.42 Å². The molecule has 4 rings (SSSR count). The zero-order valence-electron chi connectivity index (χ0n) is 18.1. The highest BCUT2D eigenvalue weighted by Gasteiger charge is 2.23. The summed E-state index contributed by atoms with van der Waals surface area (Å²) in [6.45, 7) is 3.98. The highest BCUT2D eigenvalue weighted by Crippen LogP contribution is 2.30. The van der Waals surface area contributed by atoms with Crippen LogP contribution in [0.1, 0.15) is 40.7 Å². The molecule has 6 nitrogen and oxygen atoms in total. The third kappa shape index (κ3) is 4.20. The van der Waals surface area contributed by atoms with Crippen LogP contribution in [0.2, 0.25) is 0 Å². The lowest BCUT2D eigenvalue weighted by Gasteiger charge is -2.20. The van der Waals surface area contributed by atoms with Crippen LogP contribution in [0.25, 0.3) is 11.3 Å². The third-order valence-electron chi connectivity index (χ3n) is 6.02. The van der Waals surface area contributed by atoms with Crippen molar-refractivity contribution in [1.82, 2.24) is 14.5 Å². The summed E-state index contributed by atoms with van der Waals surface area (Å²) >= 11 is 0. The van der Waals surface area contributed by atoms with Crippen LogP contribution >= 0.6 is 0 Å². The lowest BCUT2D eigenvalue weighted by molar-refractivity contribution is 0.580. The summed E-state index contributed by atoms with van der Waals surface area (Å²) in [6.07, 6.45) is 3.52. The number of rotatable bonds is 5. The van der Waals surface area contributed by atoms with Crippen LogP contribution in [0.15, 0.2) is 52.2 Å². The van der Waals surface area contributed by atoms with Crippen molar-refractivity contribution in [2.45, 2.75) is 51.0 Å². The maximum atomic E-state index is 13.1. The second-order valence-corrected chi connectivity index (χ2v) is 9.91. The first kappa shape index (κ1) is 21.5. The monoisotopic (exact) mass is 437 g/mol. The first-order valence-corrected chi connectivity index (χ1v) is 12.0. The summed E-state index contributed by atoms with van der Waals surface area (Å²) < 4.78 is 30.4. The van der Waals surface area contributed by atoms with E-state index in [1.54, 1.807) is 26.1 Å². The molecule has 1 aliphatic rings. The highest BCUT2D eigenvalue weighted by molar-refractivity contribution is 7.89. The van der Waals surface area contributed by atoms with Crippen LogP contribution < -0.4 is 10.3 Å². The first-order chi connectivity index (χ1) is 14.8. The Morgan fingerprint density at radius 1 is 1.00 bits per heavy atom. The van der Waals surface area contributed by atoms with Crippen LogP contribution in [0.4, 0.5) is 0 Å². The Balaban J connectivity index is 1.74. The summed E-state index contributed by atoms with van der Waals surface area (Å²) in [5.41, 5.74) is 5.77. The second-order valence-electron chi connectivity index (χ2n) is 8.17. The fourth-order valence-electron chi connectivity index (χ4n) is 4.18. The van der Waals surface area contributed by atoms with E-state index in [4.69, 9.17) is 0 Å². The normalized spacial score (nSPS) is 13.8. The van der Waals surface area contributed by atoms with Gasteiger partial charge in [0.05, 0.1) is 10.6 Å². The molecule has 1 aromatic heterocycles. The molecule has 0 fully saturated rings. The Kier molecular flexibility index (Phi) is 5.81. The fraction of sp³-hybridized carbons (Fsp3) is 0.333. The van der Waals surface area contributed by atoms with Gasteiger partial charge in [-0.25, -0.2) is 17.8 Å². The van der Waals surface area contributed by atoms with Crippen molar-refractivity contribution in [2.24, 2.45) is 7.05 Å². The zero-order chi connectivity index (χ0) is 22.2. The molecule has 0 radical (unpaired) electrons. The highest BCUT2D eigenvalue weighted by atomic mass is 32.2. The van der Waals surface area contributed by atoms with E-state index >= 15 is 0 Å². The van der Waals surface area contributed by atoms with Gasteiger partial charge >= 0.3 is 0 Å². The molecular formula is C24H27N3O3S. The van der Waals surface area contributed by atoms with Gasteiger partial charge < -0.3 is 0 Å². The number of nitrogens with zero attached hydrogens (tertiary/aromatic N) is 2. The van der Waals surface area contributed by atoms with E-state index in [9.17, 15) is 13.2 Å². The summed E-state index contributed by atoms with van der Waals surface area (Å²) in [7, 11) is -2.07. The largest absolute Gasteiger partial charge is 0.269 e. The van der Waals surface area contributed by atoms with Gasteiger partial charge in [-0.15, -0.1) is 0 Å². The number of benzene rings is 2. The van der Waals surface area contributed by atoms with Crippen molar-refractivity contribution in [3.8, 4) is 11.3 Å². The molecule has 0 unspecified atom stereocenters. The Labute approximate surface area is 183 Å². The molecule has 2 aromatic carbocycles. The molecule has 3 aromatic rings. The predicted molar refractivity (Wildman–Crippen MR) is 121 cm³/mol. The molecule has 1 heterocycles. The van der Waals surface area contributed by atoms with Crippen molar-refractivity contribution >= 4 is 10.0 Å². The molecule has 0 saturated carbocycles. The van der Waals surface area contributed by atoms with Crippen LogP contribution in [0.3, 0.4) is 0 Å². The summed E-state index contributed by atoms with van der Waals surface area (Å²) in [5.74, 6) is 0. The van der Waals surface area contributed by atoms with Crippen LogP contribution in [0.5, 0.6) is 0 Å². The van der Waals surface area contributed by atoms with Gasteiger partial charge in [-0.2, -0.15) is 5.10 Å². The minimum absolute atomic E-state index is 0.0571. The van der Waals surface area contributed by atoms with E-state index in [1.165, 1.54) is 4.68 Å². The lowest BCUT2D eigenvalue weighted by atomic mass is 9.89. The molecule has 1 aliphatic carbocycles. The van der Waals surface area contributed by atoms with Gasteiger partial charge in [-0.05, 0) is 67.9 Å². The Hall–Kier alpha value is -2.77. The lowest BCUT2D eigenvalue weighted by Crippen LogP contribution is -2.28. The maximum Gasteiger partial charge on any atom is 0.269 e. The van der Waals surface area contributed by atoms with Crippen molar-refractivity contribution in [2.75, 3.05) is 0 Å². The number of fused-ring (bicyclic) bond motifs is 1. The summed E-state index contributed by atoms with van der Waals surface area (Å²) in [4.78, 5) is 12.8. The molecule has 31 heavy (non-hydrogen) atoms. The van der Waals surface area contributed by atoms with Gasteiger partial charge in [0.15, 0.2) is 0 Å². The van der Waals surface area contributed by atoms with E-state index in [0.717, 1.165) is 53.5 Å². The van der Waals surface area contributed by atoms with Gasteiger partial charge in [0, 0.05) is 24.7 Å². The fourth-order valence-corrected chi connectivity index (χ4v) is 5.46. The van der Waals surface area contributed by atoms with Crippen molar-refractivity contribution in [1.29, 1.82) is 0 Å². The molecular weight excluding hydrogens is 410 g/mol. The Bertz CT molecular complexity index is 1310. The first-order valence-electron chi connectivity index (χ1n) is 10.5. The smallest absolute Gasteiger partial charge is 0.268 e. The molecule has 0 amide bonds. The van der Waals surface area contributed by atoms with Gasteiger partial charge in [-0.1, -0.05) is 36.4 Å². The van der Waals surface area contributed by atoms with E-state index in [2.05, 4.69) is 9.82 Å². The van der Waals surface area contributed by atoms with E-state index in [-0.39, 0.29) is 17.0 Å². The Morgan fingerprint density at radius 2 is 1.71 bits per heavy atom. The maximum absolute atomic E-state index is 13.1. The minimum Gasteiger partial charge on any atom is -0.268 e. The molecule has 7 heteroatoms. The zero-order valence-corrected chi connectivity index (χ0v) is 18.9. The topological polar surface area (TPSA) is 81.1 Å². The number of sulfonamides is 1. The summed E-state index contributed by atoms with van der Waals surface area (Å²) in [6, 6.07) is 13.1.